The molecule has 1 rings (SSSR count). The van der Waals surface area contributed by atoms with Gasteiger partial charge in [-0.3, -0.25) is 4.79 Å². The van der Waals surface area contributed by atoms with Crippen LogP contribution in [0.4, 0.5) is 0 Å². The summed E-state index contributed by atoms with van der Waals surface area (Å²) in [6, 6.07) is 4.74. The largest absolute Gasteiger partial charge is 0.507 e. The fraction of sp³-hybridized carbons (Fsp3) is 0.125. The van der Waals surface area contributed by atoms with E-state index < -0.39 is 0 Å². The Morgan fingerprint density at radius 1 is 1.55 bits per heavy atom. The number of carbonyl (C=O) groups is 1. The van der Waals surface area contributed by atoms with Crippen molar-refractivity contribution in [1.82, 2.24) is 0 Å². The molecule has 0 fully saturated rings. The van der Waals surface area contributed by atoms with Gasteiger partial charge in [0.15, 0.2) is 5.78 Å². The second-order valence-corrected chi connectivity index (χ2v) is 3.08. The fourth-order valence-electron chi connectivity index (χ4n) is 0.732. The summed E-state index contributed by atoms with van der Waals surface area (Å²) in [7, 11) is 0. The average Bonchev–Trinajstić information content (AvgIpc) is 1.94. The zero-order valence-corrected chi connectivity index (χ0v) is 7.55. The topological polar surface area (TPSA) is 37.3 Å². The molecule has 58 valence electrons. The van der Waals surface area contributed by atoms with Crippen LogP contribution >= 0.6 is 15.9 Å². The van der Waals surface area contributed by atoms with Crippen molar-refractivity contribution in [3.63, 3.8) is 0 Å². The molecular weight excluding hydrogens is 208 g/mol. The van der Waals surface area contributed by atoms with E-state index in [9.17, 15) is 4.79 Å². The third-order valence-electron chi connectivity index (χ3n) is 1.35. The number of Topliss-reactive ketones (excluding diaryl/α,β-unsaturated/α-hetero) is 1. The van der Waals surface area contributed by atoms with Crippen LogP contribution in [-0.2, 0) is 0 Å². The lowest BCUT2D eigenvalue weighted by Gasteiger charge is -1.98. The van der Waals surface area contributed by atoms with Gasteiger partial charge in [0.25, 0.3) is 0 Å². The maximum atomic E-state index is 10.8. The van der Waals surface area contributed by atoms with Crippen LogP contribution in [-0.4, -0.2) is 10.9 Å². The Balaban J connectivity index is 3.15. The number of halogens is 1. The number of rotatable bonds is 1. The summed E-state index contributed by atoms with van der Waals surface area (Å²) in [6.45, 7) is 1.46. The zero-order chi connectivity index (χ0) is 8.43. The van der Waals surface area contributed by atoms with Gasteiger partial charge in [-0.15, -0.1) is 0 Å². The average molecular weight is 215 g/mol. The van der Waals surface area contributed by atoms with Crippen molar-refractivity contribution in [2.24, 2.45) is 0 Å². The second-order valence-electron chi connectivity index (χ2n) is 2.22. The number of carbonyl (C=O) groups excluding carboxylic acids is 1. The molecule has 0 aromatic heterocycles. The molecule has 0 saturated carbocycles. The predicted molar refractivity (Wildman–Crippen MR) is 45.8 cm³/mol. The van der Waals surface area contributed by atoms with Crippen LogP contribution in [0, 0.1) is 0 Å². The molecule has 0 atom stereocenters. The van der Waals surface area contributed by atoms with Crippen molar-refractivity contribution in [3.05, 3.63) is 28.2 Å². The van der Waals surface area contributed by atoms with Gasteiger partial charge in [0.05, 0.1) is 4.47 Å². The zero-order valence-electron chi connectivity index (χ0n) is 5.97. The Morgan fingerprint density at radius 3 is 2.64 bits per heavy atom. The molecule has 2 nitrogen and oxygen atoms in total. The molecule has 0 radical (unpaired) electrons. The standard InChI is InChI=1S/C8H7BrO2/c1-5(10)6-2-3-7(9)8(11)4-6/h2-4,11H,1H3. The third-order valence-corrected chi connectivity index (χ3v) is 2.02. The minimum absolute atomic E-state index is 0.0483. The van der Waals surface area contributed by atoms with Gasteiger partial charge >= 0.3 is 0 Å². The summed E-state index contributed by atoms with van der Waals surface area (Å²) in [5, 5.41) is 9.15. The highest BCUT2D eigenvalue weighted by molar-refractivity contribution is 9.10. The lowest BCUT2D eigenvalue weighted by atomic mass is 10.1. The normalized spacial score (nSPS) is 9.64. The summed E-state index contributed by atoms with van der Waals surface area (Å²) < 4.78 is 0.600. The Hall–Kier alpha value is -0.830. The SMILES string of the molecule is CC(=O)c1ccc(Br)c(O)c1. The van der Waals surface area contributed by atoms with Crippen molar-refractivity contribution in [1.29, 1.82) is 0 Å². The van der Waals surface area contributed by atoms with Gasteiger partial charge in [0, 0.05) is 5.56 Å². The number of aromatic hydroxyl groups is 1. The summed E-state index contributed by atoms with van der Waals surface area (Å²) >= 11 is 3.12. The van der Waals surface area contributed by atoms with Crippen LogP contribution in [0.3, 0.4) is 0 Å². The summed E-state index contributed by atoms with van der Waals surface area (Å²) in [4.78, 5) is 10.8. The van der Waals surface area contributed by atoms with E-state index in [4.69, 9.17) is 5.11 Å². The van der Waals surface area contributed by atoms with Gasteiger partial charge in [-0.25, -0.2) is 0 Å². The molecule has 0 unspecified atom stereocenters. The van der Waals surface area contributed by atoms with Gasteiger partial charge in [0.1, 0.15) is 5.75 Å². The highest BCUT2D eigenvalue weighted by Crippen LogP contribution is 2.24. The van der Waals surface area contributed by atoms with Gasteiger partial charge in [0.2, 0.25) is 0 Å². The van der Waals surface area contributed by atoms with E-state index in [0.717, 1.165) is 0 Å². The summed E-state index contributed by atoms with van der Waals surface area (Å²) in [5.41, 5.74) is 0.519. The van der Waals surface area contributed by atoms with Crippen LogP contribution in [0.25, 0.3) is 0 Å². The van der Waals surface area contributed by atoms with E-state index in [1.54, 1.807) is 12.1 Å². The van der Waals surface area contributed by atoms with Crippen molar-refractivity contribution in [3.8, 4) is 5.75 Å². The van der Waals surface area contributed by atoms with Crippen LogP contribution in [0.2, 0.25) is 0 Å². The van der Waals surface area contributed by atoms with Crippen LogP contribution in [0.5, 0.6) is 5.75 Å². The van der Waals surface area contributed by atoms with Crippen molar-refractivity contribution in [2.45, 2.75) is 6.92 Å². The monoisotopic (exact) mass is 214 g/mol. The molecule has 0 aliphatic heterocycles. The van der Waals surface area contributed by atoms with E-state index in [2.05, 4.69) is 15.9 Å². The Kier molecular flexibility index (Phi) is 2.29. The lowest BCUT2D eigenvalue weighted by Crippen LogP contribution is -1.90. The van der Waals surface area contributed by atoms with Crippen LogP contribution in [0.15, 0.2) is 22.7 Å². The van der Waals surface area contributed by atoms with Crippen molar-refractivity contribution < 1.29 is 9.90 Å². The fourth-order valence-corrected chi connectivity index (χ4v) is 0.978. The minimum atomic E-state index is -0.0483. The Bertz CT molecular complexity index is 294. The van der Waals surface area contributed by atoms with Gasteiger partial charge < -0.3 is 5.11 Å². The highest BCUT2D eigenvalue weighted by Gasteiger charge is 2.02. The third kappa shape index (κ3) is 1.80. The molecule has 0 saturated heterocycles. The number of phenols is 1. The quantitative estimate of drug-likeness (QED) is 0.730. The molecule has 3 heteroatoms. The van der Waals surface area contributed by atoms with E-state index in [-0.39, 0.29) is 11.5 Å². The molecule has 11 heavy (non-hydrogen) atoms. The molecule has 0 spiro atoms. The molecule has 1 aromatic rings. The Labute approximate surface area is 73.0 Å². The maximum Gasteiger partial charge on any atom is 0.159 e. The predicted octanol–water partition coefficient (Wildman–Crippen LogP) is 2.36. The molecule has 0 aliphatic carbocycles. The summed E-state index contributed by atoms with van der Waals surface area (Å²) in [6.07, 6.45) is 0. The van der Waals surface area contributed by atoms with Gasteiger partial charge in [-0.05, 0) is 35.0 Å². The first kappa shape index (κ1) is 8.27. The number of hydrogen-bond acceptors (Lipinski definition) is 2. The van der Waals surface area contributed by atoms with E-state index in [1.807, 2.05) is 0 Å². The molecule has 1 aromatic carbocycles. The van der Waals surface area contributed by atoms with E-state index in [0.29, 0.717) is 10.0 Å². The first-order valence-electron chi connectivity index (χ1n) is 3.10. The van der Waals surface area contributed by atoms with Crippen LogP contribution < -0.4 is 0 Å². The van der Waals surface area contributed by atoms with E-state index >= 15 is 0 Å². The highest BCUT2D eigenvalue weighted by atomic mass is 79.9. The number of phenolic OH excluding ortho intramolecular Hbond substituents is 1. The van der Waals surface area contributed by atoms with Crippen molar-refractivity contribution in [2.75, 3.05) is 0 Å². The molecular formula is C8H7BrO2. The second kappa shape index (κ2) is 3.05. The smallest absolute Gasteiger partial charge is 0.159 e. The molecule has 0 bridgehead atoms. The molecule has 0 amide bonds. The van der Waals surface area contributed by atoms with Gasteiger partial charge in [-0.2, -0.15) is 0 Å². The lowest BCUT2D eigenvalue weighted by molar-refractivity contribution is 0.101. The first-order valence-corrected chi connectivity index (χ1v) is 3.90. The number of ketones is 1. The van der Waals surface area contributed by atoms with Gasteiger partial charge in [-0.1, -0.05) is 6.07 Å². The number of hydrogen-bond donors (Lipinski definition) is 1. The minimum Gasteiger partial charge on any atom is -0.507 e. The first-order chi connectivity index (χ1) is 5.11. The Morgan fingerprint density at radius 2 is 2.18 bits per heavy atom. The van der Waals surface area contributed by atoms with Crippen LogP contribution in [0.1, 0.15) is 17.3 Å². The molecule has 1 N–H and O–H groups in total. The number of benzene rings is 1. The van der Waals surface area contributed by atoms with E-state index in [1.165, 1.54) is 13.0 Å². The molecule has 0 heterocycles. The molecule has 0 aliphatic rings. The summed E-state index contributed by atoms with van der Waals surface area (Å²) in [5.74, 6) is 0.0468. The maximum absolute atomic E-state index is 10.8. The van der Waals surface area contributed by atoms with Crippen molar-refractivity contribution >= 4 is 21.7 Å².